The number of nitrogens with one attached hydrogen (secondary N) is 2. The molecule has 17 heavy (non-hydrogen) atoms. The first kappa shape index (κ1) is 13.3. The zero-order valence-corrected chi connectivity index (χ0v) is 8.73. The molecule has 4 N–H and O–H groups in total. The third-order valence-electron chi connectivity index (χ3n) is 2.01. The monoisotopic (exact) mass is 254 g/mol. The minimum atomic E-state index is -4.28. The van der Waals surface area contributed by atoms with E-state index in [0.717, 1.165) is 0 Å². The van der Waals surface area contributed by atoms with Crippen molar-refractivity contribution in [2.75, 3.05) is 12.3 Å². The van der Waals surface area contributed by atoms with Crippen LogP contribution in [0.4, 0.5) is 23.2 Å². The van der Waals surface area contributed by atoms with Gasteiger partial charge in [-0.25, -0.2) is 8.78 Å². The number of carbonyl (C=O) groups excluding carboxylic acids is 1. The number of nitrogens with zero attached hydrogens (tertiary/aromatic N) is 1. The Morgan fingerprint density at radius 1 is 1.59 bits per heavy atom. The second-order valence-electron chi connectivity index (χ2n) is 3.36. The van der Waals surface area contributed by atoms with Crippen LogP contribution in [0.5, 0.6) is 0 Å². The number of aryl methyl sites for hydroxylation is 1. The van der Waals surface area contributed by atoms with Gasteiger partial charge in [0.15, 0.2) is 5.69 Å². The number of nitrogens with two attached hydrogens (primary N) is 1. The number of halogens is 4. The van der Waals surface area contributed by atoms with Gasteiger partial charge in [0, 0.05) is 0 Å². The van der Waals surface area contributed by atoms with Crippen molar-refractivity contribution in [1.82, 2.24) is 15.5 Å². The number of amides is 1. The molecule has 0 saturated heterocycles. The predicted octanol–water partition coefficient (Wildman–Crippen LogP) is 0.931. The number of hydrogen-bond acceptors (Lipinski definition) is 3. The zero-order valence-electron chi connectivity index (χ0n) is 8.73. The van der Waals surface area contributed by atoms with Gasteiger partial charge in [-0.3, -0.25) is 9.89 Å². The van der Waals surface area contributed by atoms with Gasteiger partial charge in [-0.15, -0.1) is 0 Å². The molecule has 96 valence electrons. The van der Waals surface area contributed by atoms with Gasteiger partial charge in [0.2, 0.25) is 0 Å². The highest BCUT2D eigenvalue weighted by Gasteiger charge is 2.41. The van der Waals surface area contributed by atoms with Crippen LogP contribution in [0, 0.1) is 6.92 Å². The Morgan fingerprint density at radius 2 is 2.18 bits per heavy atom. The quantitative estimate of drug-likeness (QED) is 0.699. The summed E-state index contributed by atoms with van der Waals surface area (Å²) in [5.41, 5.74) is 5.49. The van der Waals surface area contributed by atoms with Crippen molar-refractivity contribution >= 4 is 11.6 Å². The molecule has 1 amide bonds. The van der Waals surface area contributed by atoms with Crippen LogP contribution in [0.2, 0.25) is 0 Å². The Bertz CT molecular complexity index is 418. The van der Waals surface area contributed by atoms with E-state index in [0.29, 0.717) is 5.69 Å². The molecule has 0 saturated carbocycles. The fourth-order valence-electron chi connectivity index (χ4n) is 0.970. The summed E-state index contributed by atoms with van der Waals surface area (Å²) in [5, 5.41) is 7.48. The lowest BCUT2D eigenvalue weighted by Crippen LogP contribution is -2.41. The van der Waals surface area contributed by atoms with E-state index in [-0.39, 0.29) is 11.4 Å². The Kier molecular flexibility index (Phi) is 3.59. The summed E-state index contributed by atoms with van der Waals surface area (Å²) in [6.45, 7) is 0.0434. The van der Waals surface area contributed by atoms with Gasteiger partial charge in [-0.05, 0) is 6.92 Å². The van der Waals surface area contributed by atoms with Gasteiger partial charge in [-0.2, -0.15) is 13.9 Å². The summed E-state index contributed by atoms with van der Waals surface area (Å²) >= 11 is 0. The molecule has 1 aromatic rings. The molecule has 1 aromatic heterocycles. The van der Waals surface area contributed by atoms with E-state index in [4.69, 9.17) is 5.73 Å². The molecule has 0 aliphatic carbocycles. The Hall–Kier alpha value is -1.80. The topological polar surface area (TPSA) is 83.8 Å². The number of nitrogen functional groups attached to an aromatic ring is 1. The molecular weight excluding hydrogens is 244 g/mol. The lowest BCUT2D eigenvalue weighted by atomic mass is 10.3. The summed E-state index contributed by atoms with van der Waals surface area (Å²) in [7, 11) is 0. The molecule has 0 fully saturated rings. The number of rotatable bonds is 4. The third-order valence-corrected chi connectivity index (χ3v) is 2.01. The normalized spacial score (nSPS) is 11.9. The number of aromatic amines is 1. The molecule has 0 atom stereocenters. The third kappa shape index (κ3) is 2.86. The van der Waals surface area contributed by atoms with Crippen molar-refractivity contribution in [2.24, 2.45) is 0 Å². The summed E-state index contributed by atoms with van der Waals surface area (Å²) in [6, 6.07) is 0. The highest BCUT2D eigenvalue weighted by molar-refractivity contribution is 5.97. The fraction of sp³-hybridized carbons (Fsp3) is 0.500. The summed E-state index contributed by atoms with van der Waals surface area (Å²) < 4.78 is 48.6. The van der Waals surface area contributed by atoms with E-state index in [9.17, 15) is 22.4 Å². The number of carbonyl (C=O) groups is 1. The van der Waals surface area contributed by atoms with Crippen molar-refractivity contribution in [3.8, 4) is 0 Å². The van der Waals surface area contributed by atoms with E-state index < -0.39 is 24.8 Å². The molecule has 0 radical (unpaired) electrons. The number of alkyl halides is 4. The van der Waals surface area contributed by atoms with Crippen LogP contribution >= 0.6 is 0 Å². The van der Waals surface area contributed by atoms with Crippen LogP contribution in [0.15, 0.2) is 0 Å². The summed E-state index contributed by atoms with van der Waals surface area (Å²) in [5.74, 6) is -5.32. The van der Waals surface area contributed by atoms with Crippen LogP contribution < -0.4 is 11.1 Å². The van der Waals surface area contributed by atoms with Gasteiger partial charge in [-0.1, -0.05) is 0 Å². The van der Waals surface area contributed by atoms with E-state index in [1.807, 2.05) is 0 Å². The van der Waals surface area contributed by atoms with Crippen LogP contribution in [0.1, 0.15) is 16.2 Å². The van der Waals surface area contributed by atoms with Gasteiger partial charge < -0.3 is 11.1 Å². The first-order valence-electron chi connectivity index (χ1n) is 4.50. The smallest absolute Gasteiger partial charge is 0.324 e. The van der Waals surface area contributed by atoms with E-state index >= 15 is 0 Å². The molecule has 0 unspecified atom stereocenters. The first-order valence-corrected chi connectivity index (χ1v) is 4.50. The van der Waals surface area contributed by atoms with Gasteiger partial charge in [0.05, 0.1) is 17.9 Å². The maximum atomic E-state index is 12.5. The van der Waals surface area contributed by atoms with Gasteiger partial charge in [0.25, 0.3) is 5.91 Å². The maximum Gasteiger partial charge on any atom is 0.324 e. The molecule has 0 bridgehead atoms. The second kappa shape index (κ2) is 4.60. The van der Waals surface area contributed by atoms with Crippen molar-refractivity contribution in [3.05, 3.63) is 11.4 Å². The van der Waals surface area contributed by atoms with Crippen molar-refractivity contribution in [1.29, 1.82) is 0 Å². The van der Waals surface area contributed by atoms with Crippen LogP contribution in [0.25, 0.3) is 0 Å². The summed E-state index contributed by atoms with van der Waals surface area (Å²) in [6.07, 6.45) is -3.85. The van der Waals surface area contributed by atoms with Crippen LogP contribution in [0.3, 0.4) is 0 Å². The maximum absolute atomic E-state index is 12.5. The minimum absolute atomic E-state index is 0.0112. The lowest BCUT2D eigenvalue weighted by Gasteiger charge is -2.15. The number of hydrogen-bond donors (Lipinski definition) is 3. The molecule has 5 nitrogen and oxygen atoms in total. The number of H-pyrrole nitrogens is 1. The minimum Gasteiger partial charge on any atom is -0.395 e. The fourth-order valence-corrected chi connectivity index (χ4v) is 0.970. The van der Waals surface area contributed by atoms with E-state index in [1.54, 1.807) is 5.32 Å². The zero-order chi connectivity index (χ0) is 13.2. The standard InChI is InChI=1S/C8H10F4N4O/c1-3-4(13)5(16-15-3)6(17)14-2-8(11,12)7(9)10/h7H,2,13H2,1H3,(H,14,17)(H,15,16). The second-order valence-corrected chi connectivity index (χ2v) is 3.36. The highest BCUT2D eigenvalue weighted by atomic mass is 19.3. The van der Waals surface area contributed by atoms with Crippen molar-refractivity contribution in [2.45, 2.75) is 19.3 Å². The number of aromatic nitrogens is 2. The largest absolute Gasteiger partial charge is 0.395 e. The van der Waals surface area contributed by atoms with Crippen molar-refractivity contribution < 1.29 is 22.4 Å². The molecule has 1 heterocycles. The molecule has 0 aliphatic rings. The lowest BCUT2D eigenvalue weighted by molar-refractivity contribution is -0.123. The van der Waals surface area contributed by atoms with E-state index in [2.05, 4.69) is 10.2 Å². The summed E-state index contributed by atoms with van der Waals surface area (Å²) in [4.78, 5) is 11.3. The molecule has 0 spiro atoms. The van der Waals surface area contributed by atoms with Crippen LogP contribution in [-0.2, 0) is 0 Å². The molecule has 0 aromatic carbocycles. The Balaban J connectivity index is 2.66. The molecular formula is C8H10F4N4O. The average Bonchev–Trinajstić information content (AvgIpc) is 2.56. The molecule has 9 heteroatoms. The highest BCUT2D eigenvalue weighted by Crippen LogP contribution is 2.21. The van der Waals surface area contributed by atoms with Crippen LogP contribution in [-0.4, -0.2) is 35.0 Å². The Labute approximate surface area is 93.4 Å². The molecule has 0 aliphatic heterocycles. The first-order chi connectivity index (χ1) is 7.75. The predicted molar refractivity (Wildman–Crippen MR) is 51.0 cm³/mol. The van der Waals surface area contributed by atoms with E-state index in [1.165, 1.54) is 6.92 Å². The number of anilines is 1. The van der Waals surface area contributed by atoms with Crippen molar-refractivity contribution in [3.63, 3.8) is 0 Å². The Morgan fingerprint density at radius 3 is 2.59 bits per heavy atom. The molecule has 1 rings (SSSR count). The van der Waals surface area contributed by atoms with Gasteiger partial charge in [0.1, 0.15) is 0 Å². The van der Waals surface area contributed by atoms with Gasteiger partial charge >= 0.3 is 12.3 Å². The average molecular weight is 254 g/mol. The SMILES string of the molecule is Cc1[nH]nc(C(=O)NCC(F)(F)C(F)F)c1N.